The molecule has 3 aromatic carbocycles. The van der Waals surface area contributed by atoms with Gasteiger partial charge in [-0.3, -0.25) is 0 Å². The standard InChI is InChI=1S/C27H59Si6.C13H9.Sn/c1-28(2,3)25(29(4,5)6)22-19-23(26(30(7,8)9)31(10,11)12)21-24(20-22)27(32(13,14)15)33(16,17)18;1-11-7-5-6-10-13(11)12-8-3-2-4-9-12;/h19-20,25-27H,1-18H3;1-8,10H;. The van der Waals surface area contributed by atoms with Gasteiger partial charge in [0.2, 0.25) is 0 Å². The van der Waals surface area contributed by atoms with E-state index in [1.54, 1.807) is 9.14 Å². The molecule has 0 N–H and O–H groups in total. The topological polar surface area (TPSA) is 0 Å². The van der Waals surface area contributed by atoms with Crippen LogP contribution in [-0.2, 0) is 0 Å². The van der Waals surface area contributed by atoms with Crippen LogP contribution in [0.25, 0.3) is 11.1 Å². The van der Waals surface area contributed by atoms with Crippen LogP contribution in [0.3, 0.4) is 0 Å². The van der Waals surface area contributed by atoms with Crippen molar-refractivity contribution in [3.63, 3.8) is 0 Å². The average molecular weight is 836 g/mol. The van der Waals surface area contributed by atoms with Crippen molar-refractivity contribution in [2.75, 3.05) is 0 Å². The molecule has 0 spiro atoms. The first-order valence-corrected chi connectivity index (χ1v) is 44.2. The van der Waals surface area contributed by atoms with Gasteiger partial charge in [-0.05, 0) is 0 Å². The summed E-state index contributed by atoms with van der Waals surface area (Å²) in [7, 11) is -9.40. The third-order valence-electron chi connectivity index (χ3n) is 10.4. The van der Waals surface area contributed by atoms with Gasteiger partial charge in [-0.15, -0.1) is 0 Å². The van der Waals surface area contributed by atoms with Gasteiger partial charge in [0.05, 0.1) is 0 Å². The molecule has 47 heavy (non-hydrogen) atoms. The van der Waals surface area contributed by atoms with Gasteiger partial charge in [-0.1, -0.05) is 0 Å². The summed E-state index contributed by atoms with van der Waals surface area (Å²) in [5.74, 6) is 0. The van der Waals surface area contributed by atoms with Crippen LogP contribution in [0.15, 0.2) is 60.7 Å². The number of rotatable bonds is 10. The Morgan fingerprint density at radius 3 is 1.19 bits per heavy atom. The van der Waals surface area contributed by atoms with Gasteiger partial charge in [-0.25, -0.2) is 0 Å². The van der Waals surface area contributed by atoms with E-state index >= 15 is 0 Å². The summed E-state index contributed by atoms with van der Waals surface area (Å²) in [4.78, 5) is 0. The fourth-order valence-corrected chi connectivity index (χ4v) is 58.9. The van der Waals surface area contributed by atoms with Crippen LogP contribution in [0.4, 0.5) is 0 Å². The molecule has 0 saturated heterocycles. The van der Waals surface area contributed by atoms with Gasteiger partial charge < -0.3 is 0 Å². The number of benzene rings is 3. The van der Waals surface area contributed by atoms with Crippen molar-refractivity contribution < 1.29 is 0 Å². The summed E-state index contributed by atoms with van der Waals surface area (Å²) in [5.41, 5.74) is 9.95. The van der Waals surface area contributed by atoms with Crippen LogP contribution < -0.4 is 7.16 Å². The van der Waals surface area contributed by atoms with Crippen molar-refractivity contribution in [3.8, 4) is 11.1 Å². The van der Waals surface area contributed by atoms with Gasteiger partial charge in [-0.2, -0.15) is 0 Å². The second-order valence-electron chi connectivity index (χ2n) is 21.3. The molecule has 0 amide bonds. The normalized spacial score (nSPS) is 14.9. The quantitative estimate of drug-likeness (QED) is 0.140. The summed E-state index contributed by atoms with van der Waals surface area (Å²) in [5, 5.41) is 2.23. The fraction of sp³-hybridized carbons (Fsp3) is 0.525. The summed E-state index contributed by atoms with van der Waals surface area (Å²) < 4.78 is 6.52. The molecule has 0 fully saturated rings. The Balaban J connectivity index is 2.37. The molecule has 1 heterocycles. The van der Waals surface area contributed by atoms with E-state index in [0.717, 1.165) is 15.5 Å². The summed E-state index contributed by atoms with van der Waals surface area (Å²) in [6.45, 7) is 48.5. The molecule has 0 unspecified atom stereocenters. The Kier molecular flexibility index (Phi) is 11.2. The van der Waals surface area contributed by atoms with Crippen molar-refractivity contribution in [1.82, 2.24) is 0 Å². The Morgan fingerprint density at radius 2 is 0.787 bits per heavy atom. The van der Waals surface area contributed by atoms with Gasteiger partial charge in [0.25, 0.3) is 0 Å². The van der Waals surface area contributed by atoms with Crippen LogP contribution in [0.5, 0.6) is 0 Å². The zero-order chi connectivity index (χ0) is 35.7. The number of hydrogen-bond donors (Lipinski definition) is 0. The van der Waals surface area contributed by atoms with Crippen molar-refractivity contribution >= 4 is 78.9 Å². The Hall–Kier alpha value is -0.370. The molecule has 0 nitrogen and oxygen atoms in total. The molecule has 256 valence electrons. The van der Waals surface area contributed by atoms with Crippen molar-refractivity contribution in [2.24, 2.45) is 0 Å². The van der Waals surface area contributed by atoms with E-state index in [0.29, 0.717) is 0 Å². The second-order valence-corrected chi connectivity index (χ2v) is 61.0. The molecule has 4 rings (SSSR count). The maximum absolute atomic E-state index is 2.93. The molecule has 1 aliphatic heterocycles. The second kappa shape index (κ2) is 13.3. The minimum atomic E-state index is -2.59. The van der Waals surface area contributed by atoms with Crippen LogP contribution >= 0.6 is 0 Å². The molecule has 3 aromatic rings. The Morgan fingerprint density at radius 1 is 0.426 bits per heavy atom. The molecule has 0 radical (unpaired) electrons. The van der Waals surface area contributed by atoms with E-state index < -0.39 is 67.7 Å². The molecule has 0 saturated carbocycles. The predicted octanol–water partition coefficient (Wildman–Crippen LogP) is 11.2. The van der Waals surface area contributed by atoms with E-state index in [4.69, 9.17) is 0 Å². The zero-order valence-electron chi connectivity index (χ0n) is 33.6. The summed E-state index contributed by atoms with van der Waals surface area (Å²) in [6.07, 6.45) is 0. The van der Waals surface area contributed by atoms with E-state index in [1.807, 2.05) is 14.7 Å². The monoisotopic (exact) mass is 836 g/mol. The third-order valence-corrected chi connectivity index (χ3v) is 46.1. The van der Waals surface area contributed by atoms with Crippen LogP contribution in [0.1, 0.15) is 37.7 Å². The summed E-state index contributed by atoms with van der Waals surface area (Å²) in [6, 6.07) is 24.8. The minimum absolute atomic E-state index is 0.738. The average Bonchev–Trinajstić information content (AvgIpc) is 2.83. The van der Waals surface area contributed by atoms with Gasteiger partial charge in [0.15, 0.2) is 0 Å². The molecule has 1 aliphatic rings. The molecule has 0 aliphatic carbocycles. The zero-order valence-corrected chi connectivity index (χ0v) is 42.4. The van der Waals surface area contributed by atoms with Crippen LogP contribution in [-0.4, -0.2) is 71.7 Å². The van der Waals surface area contributed by atoms with E-state index in [1.165, 1.54) is 16.7 Å². The Bertz CT molecular complexity index is 1550. The molecule has 0 atom stereocenters. The van der Waals surface area contributed by atoms with Crippen LogP contribution in [0, 0.1) is 0 Å². The Labute approximate surface area is 303 Å². The SMILES string of the molecule is C[Si](C)(C)C(c1cc(C([Si](C)(C)C)[Si](C)(C)C)[c]([Sn]2=[CH]c3ccccc3-c3cccc[c]32)c(C([Si](C)(C)C)[Si](C)(C)C)c1)[Si](C)(C)C. The fourth-order valence-electron chi connectivity index (χ4n) is 10.7. The molecular formula is C40H68Si6Sn. The van der Waals surface area contributed by atoms with Gasteiger partial charge in [0.1, 0.15) is 0 Å². The van der Waals surface area contributed by atoms with E-state index in [2.05, 4.69) is 183 Å². The van der Waals surface area contributed by atoms with Gasteiger partial charge >= 0.3 is 306 Å². The van der Waals surface area contributed by atoms with Gasteiger partial charge in [0, 0.05) is 0 Å². The molecule has 7 heteroatoms. The first-order valence-electron chi connectivity index (χ1n) is 18.2. The van der Waals surface area contributed by atoms with E-state index in [-0.39, 0.29) is 0 Å². The number of fused-ring (bicyclic) bond motifs is 3. The first-order chi connectivity index (χ1) is 21.1. The van der Waals surface area contributed by atoms with Crippen molar-refractivity contribution in [2.45, 2.75) is 133 Å². The first kappa shape index (κ1) is 39.4. The summed E-state index contributed by atoms with van der Waals surface area (Å²) >= 11 is -2.59. The molecule has 0 bridgehead atoms. The maximum atomic E-state index is 2.93. The third kappa shape index (κ3) is 8.41. The number of hydrogen-bond acceptors (Lipinski definition) is 0. The van der Waals surface area contributed by atoms with Crippen LogP contribution in [0.2, 0.25) is 118 Å². The van der Waals surface area contributed by atoms with E-state index in [9.17, 15) is 0 Å². The predicted molar refractivity (Wildman–Crippen MR) is 237 cm³/mol. The molecule has 0 aromatic heterocycles. The molecular weight excluding hydrogens is 768 g/mol. The van der Waals surface area contributed by atoms with Crippen molar-refractivity contribution in [1.29, 1.82) is 0 Å². The van der Waals surface area contributed by atoms with Crippen molar-refractivity contribution in [3.05, 3.63) is 82.9 Å².